The highest BCUT2D eigenvalue weighted by molar-refractivity contribution is 7.99. The molecule has 0 aliphatic heterocycles. The minimum atomic E-state index is -0.618. The lowest BCUT2D eigenvalue weighted by molar-refractivity contribution is -0.119. The van der Waals surface area contributed by atoms with E-state index in [4.69, 9.17) is 0 Å². The van der Waals surface area contributed by atoms with Crippen molar-refractivity contribution in [3.63, 3.8) is 0 Å². The Morgan fingerprint density at radius 1 is 1.33 bits per heavy atom. The highest BCUT2D eigenvalue weighted by Crippen LogP contribution is 2.23. The SMILES string of the molecule is Cc1ccsc1[C@H](O)CNC(=O)CSCc1ccccc1. The summed E-state index contributed by atoms with van der Waals surface area (Å²) >= 11 is 3.09. The van der Waals surface area contributed by atoms with Crippen molar-refractivity contribution in [2.75, 3.05) is 12.3 Å². The second-order valence-corrected chi connectivity index (χ2v) is 6.70. The molecular weight excluding hydrogens is 302 g/mol. The maximum Gasteiger partial charge on any atom is 0.230 e. The number of thiophene rings is 1. The summed E-state index contributed by atoms with van der Waals surface area (Å²) in [5, 5.41) is 14.8. The topological polar surface area (TPSA) is 49.3 Å². The molecule has 1 amide bonds. The van der Waals surface area contributed by atoms with Crippen LogP contribution in [0.4, 0.5) is 0 Å². The Kier molecular flexibility index (Phi) is 6.29. The van der Waals surface area contributed by atoms with Crippen LogP contribution in [0.25, 0.3) is 0 Å². The van der Waals surface area contributed by atoms with Crippen LogP contribution in [0, 0.1) is 6.92 Å². The van der Waals surface area contributed by atoms with Gasteiger partial charge in [-0.25, -0.2) is 0 Å². The monoisotopic (exact) mass is 321 g/mol. The number of aliphatic hydroxyl groups is 1. The number of thioether (sulfide) groups is 1. The molecule has 0 saturated carbocycles. The first-order chi connectivity index (χ1) is 10.2. The molecule has 3 nitrogen and oxygen atoms in total. The molecule has 1 aromatic carbocycles. The number of aryl methyl sites for hydroxylation is 1. The van der Waals surface area contributed by atoms with Crippen LogP contribution in [-0.2, 0) is 10.5 Å². The van der Waals surface area contributed by atoms with Gasteiger partial charge in [-0.05, 0) is 29.5 Å². The van der Waals surface area contributed by atoms with E-state index in [9.17, 15) is 9.90 Å². The Bertz CT molecular complexity index is 569. The van der Waals surface area contributed by atoms with E-state index in [1.165, 1.54) is 16.9 Å². The van der Waals surface area contributed by atoms with Gasteiger partial charge in [0, 0.05) is 17.2 Å². The quantitative estimate of drug-likeness (QED) is 0.824. The number of carbonyl (C=O) groups excluding carboxylic acids is 1. The Labute approximate surface area is 133 Å². The van der Waals surface area contributed by atoms with Crippen molar-refractivity contribution in [1.29, 1.82) is 0 Å². The normalized spacial score (nSPS) is 12.1. The van der Waals surface area contributed by atoms with E-state index in [2.05, 4.69) is 5.32 Å². The molecule has 1 atom stereocenters. The summed E-state index contributed by atoms with van der Waals surface area (Å²) in [4.78, 5) is 12.7. The van der Waals surface area contributed by atoms with Gasteiger partial charge in [0.2, 0.25) is 5.91 Å². The maximum atomic E-state index is 11.8. The Morgan fingerprint density at radius 2 is 2.10 bits per heavy atom. The second-order valence-electron chi connectivity index (χ2n) is 4.77. The smallest absolute Gasteiger partial charge is 0.230 e. The Balaban J connectivity index is 1.67. The van der Waals surface area contributed by atoms with Gasteiger partial charge in [-0.15, -0.1) is 23.1 Å². The number of nitrogens with one attached hydrogen (secondary N) is 1. The van der Waals surface area contributed by atoms with Crippen LogP contribution in [0.1, 0.15) is 22.1 Å². The third kappa shape index (κ3) is 5.19. The highest BCUT2D eigenvalue weighted by atomic mass is 32.2. The third-order valence-electron chi connectivity index (χ3n) is 3.04. The molecule has 1 heterocycles. The van der Waals surface area contributed by atoms with Crippen LogP contribution in [0.3, 0.4) is 0 Å². The van der Waals surface area contributed by atoms with Gasteiger partial charge in [-0.3, -0.25) is 4.79 Å². The molecule has 0 spiro atoms. The predicted octanol–water partition coefficient (Wildman–Crippen LogP) is 3.14. The van der Waals surface area contributed by atoms with Gasteiger partial charge >= 0.3 is 0 Å². The fraction of sp³-hybridized carbons (Fsp3) is 0.312. The second kappa shape index (κ2) is 8.22. The lowest BCUT2D eigenvalue weighted by atomic mass is 10.2. The van der Waals surface area contributed by atoms with Crippen LogP contribution >= 0.6 is 23.1 Å². The van der Waals surface area contributed by atoms with Crippen molar-refractivity contribution in [2.24, 2.45) is 0 Å². The van der Waals surface area contributed by atoms with Gasteiger partial charge in [-0.1, -0.05) is 30.3 Å². The van der Waals surface area contributed by atoms with Gasteiger partial charge in [0.25, 0.3) is 0 Å². The molecule has 0 radical (unpaired) electrons. The summed E-state index contributed by atoms with van der Waals surface area (Å²) in [5.41, 5.74) is 2.28. The molecule has 21 heavy (non-hydrogen) atoms. The zero-order valence-corrected chi connectivity index (χ0v) is 13.5. The Morgan fingerprint density at radius 3 is 2.76 bits per heavy atom. The molecule has 1 aromatic heterocycles. The van der Waals surface area contributed by atoms with Crippen LogP contribution in [0.5, 0.6) is 0 Å². The molecule has 0 aliphatic carbocycles. The number of amides is 1. The summed E-state index contributed by atoms with van der Waals surface area (Å²) in [6, 6.07) is 12.0. The summed E-state index contributed by atoms with van der Waals surface area (Å²) in [7, 11) is 0. The first-order valence-corrected chi connectivity index (χ1v) is 8.80. The first kappa shape index (κ1) is 16.1. The van der Waals surface area contributed by atoms with Crippen molar-refractivity contribution in [3.8, 4) is 0 Å². The van der Waals surface area contributed by atoms with Gasteiger partial charge in [0.1, 0.15) is 6.10 Å². The lowest BCUT2D eigenvalue weighted by Crippen LogP contribution is -2.29. The van der Waals surface area contributed by atoms with Gasteiger partial charge in [0.15, 0.2) is 0 Å². The molecule has 0 aliphatic rings. The number of hydrogen-bond acceptors (Lipinski definition) is 4. The molecule has 112 valence electrons. The van der Waals surface area contributed by atoms with E-state index in [0.717, 1.165) is 16.2 Å². The van der Waals surface area contributed by atoms with Crippen LogP contribution < -0.4 is 5.32 Å². The Hall–Kier alpha value is -1.30. The first-order valence-electron chi connectivity index (χ1n) is 6.77. The average Bonchev–Trinajstić information content (AvgIpc) is 2.92. The summed E-state index contributed by atoms with van der Waals surface area (Å²) in [6.07, 6.45) is -0.618. The van der Waals surface area contributed by atoms with E-state index >= 15 is 0 Å². The van der Waals surface area contributed by atoms with Crippen molar-refractivity contribution in [2.45, 2.75) is 18.8 Å². The summed E-state index contributed by atoms with van der Waals surface area (Å²) in [5.74, 6) is 1.19. The lowest BCUT2D eigenvalue weighted by Gasteiger charge is -2.11. The number of benzene rings is 1. The largest absolute Gasteiger partial charge is 0.386 e. The maximum absolute atomic E-state index is 11.8. The van der Waals surface area contributed by atoms with Crippen LogP contribution in [-0.4, -0.2) is 23.3 Å². The van der Waals surface area contributed by atoms with Crippen LogP contribution in [0.15, 0.2) is 41.8 Å². The minimum Gasteiger partial charge on any atom is -0.386 e. The van der Waals surface area contributed by atoms with Crippen molar-refractivity contribution in [3.05, 3.63) is 57.8 Å². The minimum absolute atomic E-state index is 0.0378. The fourth-order valence-corrected chi connectivity index (χ4v) is 3.65. The molecule has 2 N–H and O–H groups in total. The zero-order chi connectivity index (χ0) is 15.1. The fourth-order valence-electron chi connectivity index (χ4n) is 1.92. The van der Waals surface area contributed by atoms with E-state index < -0.39 is 6.10 Å². The van der Waals surface area contributed by atoms with Gasteiger partial charge in [0.05, 0.1) is 5.75 Å². The van der Waals surface area contributed by atoms with Crippen molar-refractivity contribution < 1.29 is 9.90 Å². The molecule has 5 heteroatoms. The van der Waals surface area contributed by atoms with Crippen molar-refractivity contribution in [1.82, 2.24) is 5.32 Å². The summed E-state index contributed by atoms with van der Waals surface area (Å²) in [6.45, 7) is 2.23. The number of aliphatic hydroxyl groups excluding tert-OH is 1. The molecule has 0 bridgehead atoms. The molecular formula is C16H19NO2S2. The molecule has 2 aromatic rings. The average molecular weight is 321 g/mol. The number of hydrogen-bond donors (Lipinski definition) is 2. The highest BCUT2D eigenvalue weighted by Gasteiger charge is 2.13. The molecule has 0 unspecified atom stereocenters. The van der Waals surface area contributed by atoms with Gasteiger partial charge < -0.3 is 10.4 Å². The third-order valence-corrected chi connectivity index (χ3v) is 5.17. The van der Waals surface area contributed by atoms with Crippen LogP contribution in [0.2, 0.25) is 0 Å². The summed E-state index contributed by atoms with van der Waals surface area (Å²) < 4.78 is 0. The van der Waals surface area contributed by atoms with E-state index in [0.29, 0.717) is 5.75 Å². The van der Waals surface area contributed by atoms with E-state index in [-0.39, 0.29) is 12.5 Å². The zero-order valence-electron chi connectivity index (χ0n) is 11.9. The standard InChI is InChI=1S/C16H19NO2S2/c1-12-7-8-21-16(12)14(18)9-17-15(19)11-20-10-13-5-3-2-4-6-13/h2-8,14,18H,9-11H2,1H3,(H,17,19)/t14-/m1/s1. The van der Waals surface area contributed by atoms with E-state index in [1.807, 2.05) is 48.7 Å². The molecule has 0 fully saturated rings. The van der Waals surface area contributed by atoms with Crippen molar-refractivity contribution >= 4 is 29.0 Å². The predicted molar refractivity (Wildman–Crippen MR) is 89.6 cm³/mol. The number of rotatable bonds is 7. The van der Waals surface area contributed by atoms with Gasteiger partial charge in [-0.2, -0.15) is 0 Å². The number of carbonyl (C=O) groups is 1. The molecule has 2 rings (SSSR count). The van der Waals surface area contributed by atoms with E-state index in [1.54, 1.807) is 11.8 Å². The molecule has 0 saturated heterocycles.